The van der Waals surface area contributed by atoms with E-state index in [9.17, 15) is 0 Å². The Hall–Kier alpha value is -1.67. The molecule has 0 spiro atoms. The van der Waals surface area contributed by atoms with Crippen LogP contribution in [0.25, 0.3) is 6.08 Å². The summed E-state index contributed by atoms with van der Waals surface area (Å²) in [5, 5.41) is 0. The molecule has 0 radical (unpaired) electrons. The smallest absolute Gasteiger partial charge is 0.0674 e. The maximum atomic E-state index is 4.76. The summed E-state index contributed by atoms with van der Waals surface area (Å²) in [6.07, 6.45) is 4.25. The minimum atomic E-state index is -0.0253. The molecule has 100 valence electrons. The molecule has 1 aliphatic heterocycles. The van der Waals surface area contributed by atoms with Gasteiger partial charge in [-0.2, -0.15) is 0 Å². The molecule has 1 heterocycles. The van der Waals surface area contributed by atoms with E-state index in [0.29, 0.717) is 0 Å². The van der Waals surface area contributed by atoms with Crippen LogP contribution in [0.15, 0.2) is 64.1 Å². The molecule has 3 rings (SSSR count). The van der Waals surface area contributed by atoms with Crippen LogP contribution in [0.2, 0.25) is 0 Å². The van der Waals surface area contributed by atoms with Crippen LogP contribution in [0.3, 0.4) is 0 Å². The fourth-order valence-electron chi connectivity index (χ4n) is 2.50. The molecule has 1 nitrogen and oxygen atoms in total. The highest BCUT2D eigenvalue weighted by Crippen LogP contribution is 2.40. The number of rotatable bonds is 2. The van der Waals surface area contributed by atoms with E-state index in [2.05, 4.69) is 84.4 Å². The fraction of sp³-hybridized carbons (Fsp3) is 0.167. The molecule has 0 saturated heterocycles. The van der Waals surface area contributed by atoms with E-state index in [1.54, 1.807) is 0 Å². The summed E-state index contributed by atoms with van der Waals surface area (Å²) < 4.78 is 1.10. The van der Waals surface area contributed by atoms with Gasteiger partial charge in [0.05, 0.1) is 11.4 Å². The van der Waals surface area contributed by atoms with Gasteiger partial charge in [-0.15, -0.1) is 0 Å². The van der Waals surface area contributed by atoms with Gasteiger partial charge in [-0.3, -0.25) is 4.99 Å². The molecule has 0 aliphatic carbocycles. The lowest BCUT2D eigenvalue weighted by molar-refractivity contribution is 0.740. The van der Waals surface area contributed by atoms with Gasteiger partial charge in [-0.05, 0) is 35.4 Å². The van der Waals surface area contributed by atoms with Crippen molar-refractivity contribution in [1.29, 1.82) is 0 Å². The topological polar surface area (TPSA) is 12.4 Å². The molecule has 0 saturated carbocycles. The highest BCUT2D eigenvalue weighted by atomic mass is 79.9. The average molecular weight is 326 g/mol. The quantitative estimate of drug-likeness (QED) is 0.688. The van der Waals surface area contributed by atoms with Gasteiger partial charge in [-0.25, -0.2) is 0 Å². The van der Waals surface area contributed by atoms with E-state index in [0.717, 1.165) is 15.9 Å². The number of hydrogen-bond acceptors (Lipinski definition) is 1. The van der Waals surface area contributed by atoms with Crippen molar-refractivity contribution in [2.24, 2.45) is 4.99 Å². The lowest BCUT2D eigenvalue weighted by atomic mass is 9.81. The van der Waals surface area contributed by atoms with Gasteiger partial charge in [-0.1, -0.05) is 66.2 Å². The SMILES string of the molecule is CC1(C)C(/C=C/c2ccc(Br)cc2)=Nc2ccccc21. The van der Waals surface area contributed by atoms with Crippen LogP contribution >= 0.6 is 15.9 Å². The molecule has 2 aromatic carbocycles. The minimum Gasteiger partial charge on any atom is -0.252 e. The lowest BCUT2D eigenvalue weighted by Gasteiger charge is -2.20. The van der Waals surface area contributed by atoms with Crippen molar-refractivity contribution in [1.82, 2.24) is 0 Å². The predicted octanol–water partition coefficient (Wildman–Crippen LogP) is 5.53. The first-order valence-electron chi connectivity index (χ1n) is 6.70. The number of benzene rings is 2. The van der Waals surface area contributed by atoms with Gasteiger partial charge in [0, 0.05) is 9.89 Å². The molecule has 0 N–H and O–H groups in total. The molecule has 0 fully saturated rings. The number of allylic oxidation sites excluding steroid dienone is 1. The molecular weight excluding hydrogens is 310 g/mol. The van der Waals surface area contributed by atoms with Gasteiger partial charge in [0.25, 0.3) is 0 Å². The summed E-state index contributed by atoms with van der Waals surface area (Å²) in [4.78, 5) is 4.76. The van der Waals surface area contributed by atoms with Crippen LogP contribution < -0.4 is 0 Å². The third-order valence-electron chi connectivity index (χ3n) is 3.76. The molecule has 0 atom stereocenters. The van der Waals surface area contributed by atoms with Gasteiger partial charge >= 0.3 is 0 Å². The van der Waals surface area contributed by atoms with E-state index < -0.39 is 0 Å². The van der Waals surface area contributed by atoms with Gasteiger partial charge in [0.15, 0.2) is 0 Å². The minimum absolute atomic E-state index is 0.0253. The van der Waals surface area contributed by atoms with E-state index in [4.69, 9.17) is 4.99 Å². The zero-order valence-corrected chi connectivity index (χ0v) is 13.2. The van der Waals surface area contributed by atoms with Crippen molar-refractivity contribution in [2.75, 3.05) is 0 Å². The molecule has 2 aromatic rings. The Morgan fingerprint density at radius 3 is 2.35 bits per heavy atom. The number of nitrogens with zero attached hydrogens (tertiary/aromatic N) is 1. The van der Waals surface area contributed by atoms with Gasteiger partial charge < -0.3 is 0 Å². The number of fused-ring (bicyclic) bond motifs is 1. The second-order valence-corrected chi connectivity index (χ2v) is 6.44. The second-order valence-electron chi connectivity index (χ2n) is 5.52. The first-order chi connectivity index (χ1) is 9.57. The van der Waals surface area contributed by atoms with Crippen LogP contribution in [0.5, 0.6) is 0 Å². The molecule has 0 aromatic heterocycles. The molecular formula is C18H16BrN. The van der Waals surface area contributed by atoms with Crippen LogP contribution in [-0.2, 0) is 5.41 Å². The Morgan fingerprint density at radius 2 is 1.65 bits per heavy atom. The van der Waals surface area contributed by atoms with Crippen LogP contribution in [0.1, 0.15) is 25.0 Å². The Kier molecular flexibility index (Phi) is 3.35. The van der Waals surface area contributed by atoms with E-state index >= 15 is 0 Å². The maximum Gasteiger partial charge on any atom is 0.0674 e. The standard InChI is InChI=1S/C18H16BrN/c1-18(2)15-5-3-4-6-16(15)20-17(18)12-9-13-7-10-14(19)11-8-13/h3-12H,1-2H3/b12-9+. The highest BCUT2D eigenvalue weighted by molar-refractivity contribution is 9.10. The fourth-order valence-corrected chi connectivity index (χ4v) is 2.77. The summed E-state index contributed by atoms with van der Waals surface area (Å²) in [7, 11) is 0. The van der Waals surface area contributed by atoms with E-state index in [1.807, 2.05) is 6.07 Å². The largest absolute Gasteiger partial charge is 0.252 e. The van der Waals surface area contributed by atoms with Crippen LogP contribution in [0.4, 0.5) is 5.69 Å². The molecule has 0 unspecified atom stereocenters. The third-order valence-corrected chi connectivity index (χ3v) is 4.29. The van der Waals surface area contributed by atoms with Crippen molar-refractivity contribution in [3.05, 3.63) is 70.2 Å². The number of halogens is 1. The van der Waals surface area contributed by atoms with Crippen molar-refractivity contribution < 1.29 is 0 Å². The number of aliphatic imine (C=N–C) groups is 1. The van der Waals surface area contributed by atoms with Crippen LogP contribution in [-0.4, -0.2) is 5.71 Å². The Morgan fingerprint density at radius 1 is 0.950 bits per heavy atom. The first kappa shape index (κ1) is 13.3. The van der Waals surface area contributed by atoms with Gasteiger partial charge in [0.1, 0.15) is 0 Å². The zero-order chi connectivity index (χ0) is 14.2. The third kappa shape index (κ3) is 2.36. The number of para-hydroxylation sites is 1. The molecule has 1 aliphatic rings. The van der Waals surface area contributed by atoms with E-state index in [1.165, 1.54) is 11.1 Å². The molecule has 2 heteroatoms. The van der Waals surface area contributed by atoms with Crippen molar-refractivity contribution in [3.63, 3.8) is 0 Å². The van der Waals surface area contributed by atoms with Gasteiger partial charge in [0.2, 0.25) is 0 Å². The first-order valence-corrected chi connectivity index (χ1v) is 7.49. The Bertz CT molecular complexity index is 694. The summed E-state index contributed by atoms with van der Waals surface area (Å²) in [6.45, 7) is 4.45. The molecule has 0 amide bonds. The Labute approximate surface area is 128 Å². The summed E-state index contributed by atoms with van der Waals surface area (Å²) in [6, 6.07) is 16.7. The van der Waals surface area contributed by atoms with Crippen molar-refractivity contribution >= 4 is 33.4 Å². The number of hydrogen-bond donors (Lipinski definition) is 0. The van der Waals surface area contributed by atoms with Crippen LogP contribution in [0, 0.1) is 0 Å². The predicted molar refractivity (Wildman–Crippen MR) is 89.7 cm³/mol. The van der Waals surface area contributed by atoms with Crippen molar-refractivity contribution in [3.8, 4) is 0 Å². The molecule has 20 heavy (non-hydrogen) atoms. The van der Waals surface area contributed by atoms with E-state index in [-0.39, 0.29) is 5.41 Å². The van der Waals surface area contributed by atoms with Crippen molar-refractivity contribution in [2.45, 2.75) is 19.3 Å². The zero-order valence-electron chi connectivity index (χ0n) is 11.6. The summed E-state index contributed by atoms with van der Waals surface area (Å²) >= 11 is 3.45. The summed E-state index contributed by atoms with van der Waals surface area (Å²) in [5.74, 6) is 0. The maximum absolute atomic E-state index is 4.76. The molecule has 0 bridgehead atoms. The highest BCUT2D eigenvalue weighted by Gasteiger charge is 2.32. The summed E-state index contributed by atoms with van der Waals surface area (Å²) in [5.41, 5.74) is 4.66. The second kappa shape index (κ2) is 5.02. The average Bonchev–Trinajstić information content (AvgIpc) is 2.70. The Balaban J connectivity index is 1.91. The monoisotopic (exact) mass is 325 g/mol. The normalized spacial score (nSPS) is 16.2. The lowest BCUT2D eigenvalue weighted by Crippen LogP contribution is -2.23.